The minimum absolute atomic E-state index is 0.0675. The summed E-state index contributed by atoms with van der Waals surface area (Å²) >= 11 is 0. The van der Waals surface area contributed by atoms with E-state index in [0.717, 1.165) is 24.7 Å². The molecule has 1 aliphatic carbocycles. The first-order valence-electron chi connectivity index (χ1n) is 10.0. The van der Waals surface area contributed by atoms with E-state index in [1.807, 2.05) is 0 Å². The lowest BCUT2D eigenvalue weighted by atomic mass is 9.76. The number of carbonyl (C=O) groups excluding carboxylic acids is 1. The van der Waals surface area contributed by atoms with Crippen LogP contribution in [0.4, 0.5) is 0 Å². The van der Waals surface area contributed by atoms with Crippen LogP contribution in [0.25, 0.3) is 0 Å². The molecule has 0 amide bonds. The Morgan fingerprint density at radius 3 is 1.74 bits per heavy atom. The summed E-state index contributed by atoms with van der Waals surface area (Å²) in [5.41, 5.74) is 0. The summed E-state index contributed by atoms with van der Waals surface area (Å²) in [7, 11) is 1.47. The van der Waals surface area contributed by atoms with Crippen LogP contribution >= 0.6 is 0 Å². The van der Waals surface area contributed by atoms with Crippen molar-refractivity contribution in [3.63, 3.8) is 0 Å². The van der Waals surface area contributed by atoms with Gasteiger partial charge in [-0.1, -0.05) is 83.3 Å². The van der Waals surface area contributed by atoms with Crippen molar-refractivity contribution < 1.29 is 9.53 Å². The largest absolute Gasteiger partial charge is 0.469 e. The van der Waals surface area contributed by atoms with Gasteiger partial charge in [-0.05, 0) is 31.1 Å². The number of ether oxygens (including phenoxy) is 1. The molecule has 1 unspecified atom stereocenters. The summed E-state index contributed by atoms with van der Waals surface area (Å²) in [5.74, 6) is 1.67. The Balaban J connectivity index is 1.88. The fourth-order valence-corrected chi connectivity index (χ4v) is 3.49. The molecular weight excluding hydrogens is 284 g/mol. The lowest BCUT2D eigenvalue weighted by Gasteiger charge is -2.29. The molecule has 2 atom stereocenters. The molecular formula is C21H38O2. The first-order valence-corrected chi connectivity index (χ1v) is 10.0. The molecule has 23 heavy (non-hydrogen) atoms. The molecule has 0 spiro atoms. The standard InChI is InChI=1S/C21H38O2/c1-3-4-5-6-8-11-14-19-17-18-20(19)15-12-9-7-10-13-16-21(22)23-2/h17-20H,3-16H2,1-2H3/t19?,20-/m1/s1. The number of carbonyl (C=O) groups is 1. The summed E-state index contributed by atoms with van der Waals surface area (Å²) in [6.45, 7) is 2.28. The number of unbranched alkanes of at least 4 members (excludes halogenated alkanes) is 9. The van der Waals surface area contributed by atoms with Crippen molar-refractivity contribution in [2.75, 3.05) is 7.11 Å². The van der Waals surface area contributed by atoms with Gasteiger partial charge in [0.1, 0.15) is 0 Å². The molecule has 1 rings (SSSR count). The molecule has 0 saturated heterocycles. The van der Waals surface area contributed by atoms with Gasteiger partial charge in [0, 0.05) is 6.42 Å². The molecule has 2 nitrogen and oxygen atoms in total. The Morgan fingerprint density at radius 1 is 0.783 bits per heavy atom. The predicted molar refractivity (Wildman–Crippen MR) is 98.4 cm³/mol. The maximum absolute atomic E-state index is 11.0. The Morgan fingerprint density at radius 2 is 1.26 bits per heavy atom. The van der Waals surface area contributed by atoms with Crippen molar-refractivity contribution >= 4 is 5.97 Å². The zero-order chi connectivity index (χ0) is 16.8. The van der Waals surface area contributed by atoms with Gasteiger partial charge in [-0.2, -0.15) is 0 Å². The normalized spacial score (nSPS) is 19.6. The molecule has 0 heterocycles. The number of esters is 1. The molecule has 2 heteroatoms. The van der Waals surface area contributed by atoms with Crippen molar-refractivity contribution in [1.82, 2.24) is 0 Å². The number of rotatable bonds is 15. The molecule has 0 radical (unpaired) electrons. The SMILES string of the molecule is CCCCCCCCC1C=C[C@H]1CCCCCCCC(=O)OC. The average Bonchev–Trinajstić information content (AvgIpc) is 2.55. The Kier molecular flexibility index (Phi) is 12.0. The van der Waals surface area contributed by atoms with Gasteiger partial charge in [0.2, 0.25) is 0 Å². The first-order chi connectivity index (χ1) is 11.3. The second-order valence-corrected chi connectivity index (χ2v) is 7.15. The van der Waals surface area contributed by atoms with E-state index in [4.69, 9.17) is 0 Å². The molecule has 0 aromatic rings. The van der Waals surface area contributed by atoms with E-state index in [1.54, 1.807) is 0 Å². The third kappa shape index (κ3) is 9.84. The highest BCUT2D eigenvalue weighted by molar-refractivity contribution is 5.68. The first kappa shape index (κ1) is 20.3. The molecule has 0 saturated carbocycles. The van der Waals surface area contributed by atoms with Crippen LogP contribution in [0.1, 0.15) is 96.8 Å². The van der Waals surface area contributed by atoms with Gasteiger partial charge in [0.25, 0.3) is 0 Å². The smallest absolute Gasteiger partial charge is 0.305 e. The van der Waals surface area contributed by atoms with Gasteiger partial charge in [-0.25, -0.2) is 0 Å². The van der Waals surface area contributed by atoms with E-state index in [9.17, 15) is 4.79 Å². The fourth-order valence-electron chi connectivity index (χ4n) is 3.49. The second-order valence-electron chi connectivity index (χ2n) is 7.15. The summed E-state index contributed by atoms with van der Waals surface area (Å²) in [4.78, 5) is 11.0. The van der Waals surface area contributed by atoms with E-state index in [1.165, 1.54) is 77.7 Å². The second kappa shape index (κ2) is 13.6. The maximum atomic E-state index is 11.0. The highest BCUT2D eigenvalue weighted by atomic mass is 16.5. The average molecular weight is 323 g/mol. The van der Waals surface area contributed by atoms with E-state index in [-0.39, 0.29) is 5.97 Å². The van der Waals surface area contributed by atoms with E-state index in [0.29, 0.717) is 6.42 Å². The van der Waals surface area contributed by atoms with Gasteiger partial charge >= 0.3 is 5.97 Å². The zero-order valence-corrected chi connectivity index (χ0v) is 15.5. The van der Waals surface area contributed by atoms with Crippen LogP contribution in [-0.2, 0) is 9.53 Å². The molecule has 134 valence electrons. The van der Waals surface area contributed by atoms with Crippen LogP contribution in [-0.4, -0.2) is 13.1 Å². The number of methoxy groups -OCH3 is 1. The summed E-state index contributed by atoms with van der Waals surface area (Å²) in [5, 5.41) is 0. The van der Waals surface area contributed by atoms with Crippen LogP contribution < -0.4 is 0 Å². The van der Waals surface area contributed by atoms with Crippen LogP contribution in [0.15, 0.2) is 12.2 Å². The van der Waals surface area contributed by atoms with Crippen LogP contribution in [0.2, 0.25) is 0 Å². The van der Waals surface area contributed by atoms with Gasteiger partial charge in [0.05, 0.1) is 7.11 Å². The van der Waals surface area contributed by atoms with Crippen molar-refractivity contribution in [3.05, 3.63) is 12.2 Å². The van der Waals surface area contributed by atoms with Gasteiger partial charge < -0.3 is 4.74 Å². The number of hydrogen-bond donors (Lipinski definition) is 0. The Hall–Kier alpha value is -0.790. The quantitative estimate of drug-likeness (QED) is 0.197. The Bertz CT molecular complexity index is 322. The summed E-state index contributed by atoms with van der Waals surface area (Å²) in [6, 6.07) is 0. The highest BCUT2D eigenvalue weighted by Gasteiger charge is 2.22. The van der Waals surface area contributed by atoms with Gasteiger partial charge in [-0.3, -0.25) is 4.79 Å². The third-order valence-corrected chi connectivity index (χ3v) is 5.19. The third-order valence-electron chi connectivity index (χ3n) is 5.19. The number of allylic oxidation sites excluding steroid dienone is 2. The summed E-state index contributed by atoms with van der Waals surface area (Å²) < 4.78 is 4.66. The van der Waals surface area contributed by atoms with Gasteiger partial charge in [0.15, 0.2) is 0 Å². The molecule has 0 N–H and O–H groups in total. The molecule has 0 fully saturated rings. The molecule has 0 aromatic heterocycles. The molecule has 0 bridgehead atoms. The topological polar surface area (TPSA) is 26.3 Å². The van der Waals surface area contributed by atoms with Crippen molar-refractivity contribution in [1.29, 1.82) is 0 Å². The van der Waals surface area contributed by atoms with Crippen LogP contribution in [0.3, 0.4) is 0 Å². The molecule has 0 aliphatic heterocycles. The maximum Gasteiger partial charge on any atom is 0.305 e. The lowest BCUT2D eigenvalue weighted by Crippen LogP contribution is -2.18. The lowest BCUT2D eigenvalue weighted by molar-refractivity contribution is -0.140. The molecule has 0 aromatic carbocycles. The minimum atomic E-state index is -0.0675. The van der Waals surface area contributed by atoms with Crippen LogP contribution in [0, 0.1) is 11.8 Å². The number of hydrogen-bond acceptors (Lipinski definition) is 2. The van der Waals surface area contributed by atoms with E-state index >= 15 is 0 Å². The van der Waals surface area contributed by atoms with Crippen LogP contribution in [0.5, 0.6) is 0 Å². The van der Waals surface area contributed by atoms with Gasteiger partial charge in [-0.15, -0.1) is 0 Å². The Labute approximate surface area is 144 Å². The zero-order valence-electron chi connectivity index (χ0n) is 15.5. The predicted octanol–water partition coefficient (Wildman–Crippen LogP) is 6.44. The van der Waals surface area contributed by atoms with E-state index in [2.05, 4.69) is 23.8 Å². The van der Waals surface area contributed by atoms with Crippen molar-refractivity contribution in [3.8, 4) is 0 Å². The highest BCUT2D eigenvalue weighted by Crippen LogP contribution is 2.34. The molecule has 1 aliphatic rings. The van der Waals surface area contributed by atoms with Crippen molar-refractivity contribution in [2.45, 2.75) is 96.8 Å². The minimum Gasteiger partial charge on any atom is -0.469 e. The monoisotopic (exact) mass is 322 g/mol. The fraction of sp³-hybridized carbons (Fsp3) is 0.857. The van der Waals surface area contributed by atoms with E-state index < -0.39 is 0 Å². The van der Waals surface area contributed by atoms with Crippen molar-refractivity contribution in [2.24, 2.45) is 11.8 Å². The summed E-state index contributed by atoms with van der Waals surface area (Å²) in [6.07, 6.45) is 22.8.